The molecule has 3 heteroatoms. The molecule has 1 unspecified atom stereocenters. The molecule has 1 aromatic carbocycles. The minimum absolute atomic E-state index is 0.228. The Morgan fingerprint density at radius 3 is 2.61 bits per heavy atom. The molecule has 0 radical (unpaired) electrons. The maximum atomic E-state index is 13.4. The molecule has 0 spiro atoms. The van der Waals surface area contributed by atoms with Crippen LogP contribution in [-0.2, 0) is 0 Å². The molecular formula is C15H23ClFN. The molecule has 1 rings (SSSR count). The van der Waals surface area contributed by atoms with Gasteiger partial charge in [0.1, 0.15) is 5.82 Å². The van der Waals surface area contributed by atoms with Crippen LogP contribution in [0.4, 0.5) is 4.39 Å². The predicted octanol–water partition coefficient (Wildman–Crippen LogP) is 5.02. The summed E-state index contributed by atoms with van der Waals surface area (Å²) in [4.78, 5) is 0. The molecule has 1 atom stereocenters. The van der Waals surface area contributed by atoms with Crippen molar-refractivity contribution in [2.24, 2.45) is 0 Å². The van der Waals surface area contributed by atoms with Gasteiger partial charge < -0.3 is 5.32 Å². The highest BCUT2D eigenvalue weighted by Crippen LogP contribution is 2.29. The molecular weight excluding hydrogens is 249 g/mol. The van der Waals surface area contributed by atoms with Gasteiger partial charge in [0, 0.05) is 11.1 Å². The fourth-order valence-electron chi connectivity index (χ4n) is 2.04. The molecule has 0 saturated heterocycles. The molecule has 102 valence electrons. The fourth-order valence-corrected chi connectivity index (χ4v) is 2.32. The molecule has 0 aromatic heterocycles. The first-order chi connectivity index (χ1) is 8.60. The van der Waals surface area contributed by atoms with Crippen molar-refractivity contribution in [3.63, 3.8) is 0 Å². The van der Waals surface area contributed by atoms with Gasteiger partial charge in [0.25, 0.3) is 0 Å². The Labute approximate surface area is 115 Å². The van der Waals surface area contributed by atoms with Crippen LogP contribution in [-0.4, -0.2) is 6.54 Å². The lowest BCUT2D eigenvalue weighted by atomic mass is 9.99. The van der Waals surface area contributed by atoms with Crippen LogP contribution in [0.5, 0.6) is 0 Å². The second kappa shape index (κ2) is 7.75. The van der Waals surface area contributed by atoms with E-state index in [1.165, 1.54) is 6.07 Å². The second-order valence-corrected chi connectivity index (χ2v) is 5.18. The standard InChI is InChI=1S/C15H23ClFN/c1-4-6-7-15(18-8-5-2)12-9-11(3)14(17)10-13(12)16/h9-10,15,18H,4-8H2,1-3H3. The van der Waals surface area contributed by atoms with Crippen LogP contribution in [0.3, 0.4) is 0 Å². The predicted molar refractivity (Wildman–Crippen MR) is 76.7 cm³/mol. The first-order valence-corrected chi connectivity index (χ1v) is 7.16. The smallest absolute Gasteiger partial charge is 0.127 e. The van der Waals surface area contributed by atoms with Crippen molar-refractivity contribution in [1.29, 1.82) is 0 Å². The number of unbranched alkanes of at least 4 members (excludes halogenated alkanes) is 1. The van der Waals surface area contributed by atoms with Crippen LogP contribution in [0.25, 0.3) is 0 Å². The summed E-state index contributed by atoms with van der Waals surface area (Å²) in [6.07, 6.45) is 4.43. The molecule has 0 fully saturated rings. The van der Waals surface area contributed by atoms with Gasteiger partial charge in [-0.15, -0.1) is 0 Å². The fraction of sp³-hybridized carbons (Fsp3) is 0.600. The average molecular weight is 272 g/mol. The lowest BCUT2D eigenvalue weighted by molar-refractivity contribution is 0.480. The molecule has 18 heavy (non-hydrogen) atoms. The zero-order valence-corrected chi connectivity index (χ0v) is 12.3. The number of hydrogen-bond acceptors (Lipinski definition) is 1. The van der Waals surface area contributed by atoms with Gasteiger partial charge in [-0.05, 0) is 43.5 Å². The van der Waals surface area contributed by atoms with E-state index in [1.54, 1.807) is 6.92 Å². The van der Waals surface area contributed by atoms with Crippen molar-refractivity contribution in [3.05, 3.63) is 34.1 Å². The molecule has 0 amide bonds. The van der Waals surface area contributed by atoms with Gasteiger partial charge in [-0.1, -0.05) is 44.4 Å². The van der Waals surface area contributed by atoms with Gasteiger partial charge in [-0.25, -0.2) is 4.39 Å². The van der Waals surface area contributed by atoms with Gasteiger partial charge in [-0.3, -0.25) is 0 Å². The number of nitrogens with one attached hydrogen (secondary N) is 1. The zero-order valence-electron chi connectivity index (χ0n) is 11.5. The summed E-state index contributed by atoms with van der Waals surface area (Å²) in [6, 6.07) is 3.54. The molecule has 1 aromatic rings. The van der Waals surface area contributed by atoms with E-state index in [4.69, 9.17) is 11.6 Å². The van der Waals surface area contributed by atoms with E-state index in [0.717, 1.165) is 37.8 Å². The first kappa shape index (κ1) is 15.5. The Morgan fingerprint density at radius 2 is 2.00 bits per heavy atom. The first-order valence-electron chi connectivity index (χ1n) is 6.79. The Kier molecular flexibility index (Phi) is 6.66. The van der Waals surface area contributed by atoms with Gasteiger partial charge in [-0.2, -0.15) is 0 Å². The van der Waals surface area contributed by atoms with Gasteiger partial charge >= 0.3 is 0 Å². The monoisotopic (exact) mass is 271 g/mol. The molecule has 0 aliphatic heterocycles. The molecule has 1 N–H and O–H groups in total. The Bertz CT molecular complexity index is 371. The number of aryl methyl sites for hydroxylation is 1. The topological polar surface area (TPSA) is 12.0 Å². The molecule has 0 aliphatic carbocycles. The Hall–Kier alpha value is -0.600. The lowest BCUT2D eigenvalue weighted by Gasteiger charge is -2.20. The Morgan fingerprint density at radius 1 is 1.28 bits per heavy atom. The number of rotatable bonds is 7. The van der Waals surface area contributed by atoms with E-state index in [9.17, 15) is 4.39 Å². The Balaban J connectivity index is 2.92. The highest BCUT2D eigenvalue weighted by Gasteiger charge is 2.15. The minimum Gasteiger partial charge on any atom is -0.310 e. The van der Waals surface area contributed by atoms with Crippen molar-refractivity contribution >= 4 is 11.6 Å². The number of hydrogen-bond donors (Lipinski definition) is 1. The summed E-state index contributed by atoms with van der Waals surface area (Å²) in [5, 5.41) is 4.03. The van der Waals surface area contributed by atoms with E-state index in [2.05, 4.69) is 19.2 Å². The van der Waals surface area contributed by atoms with Crippen LogP contribution in [0, 0.1) is 12.7 Å². The van der Waals surface area contributed by atoms with Gasteiger partial charge in [0.2, 0.25) is 0 Å². The van der Waals surface area contributed by atoms with Crippen LogP contribution in [0.1, 0.15) is 56.7 Å². The van der Waals surface area contributed by atoms with Crippen LogP contribution in [0.2, 0.25) is 5.02 Å². The van der Waals surface area contributed by atoms with Gasteiger partial charge in [0.05, 0.1) is 0 Å². The summed E-state index contributed by atoms with van der Waals surface area (Å²) >= 11 is 6.17. The van der Waals surface area contributed by atoms with E-state index in [0.29, 0.717) is 10.6 Å². The van der Waals surface area contributed by atoms with E-state index in [-0.39, 0.29) is 11.9 Å². The normalized spacial score (nSPS) is 12.7. The number of halogens is 2. The van der Waals surface area contributed by atoms with Crippen molar-refractivity contribution in [1.82, 2.24) is 5.32 Å². The van der Waals surface area contributed by atoms with E-state index < -0.39 is 0 Å². The third-order valence-corrected chi connectivity index (χ3v) is 3.47. The molecule has 0 bridgehead atoms. The third kappa shape index (κ3) is 4.25. The largest absolute Gasteiger partial charge is 0.310 e. The molecule has 0 saturated carbocycles. The highest BCUT2D eigenvalue weighted by molar-refractivity contribution is 6.31. The SMILES string of the molecule is CCCCC(NCCC)c1cc(C)c(F)cc1Cl. The second-order valence-electron chi connectivity index (χ2n) is 4.77. The molecule has 0 aliphatic rings. The van der Waals surface area contributed by atoms with Crippen molar-refractivity contribution in [2.45, 2.75) is 52.5 Å². The quantitative estimate of drug-likeness (QED) is 0.734. The van der Waals surface area contributed by atoms with Crippen molar-refractivity contribution in [3.8, 4) is 0 Å². The summed E-state index contributed by atoms with van der Waals surface area (Å²) in [7, 11) is 0. The van der Waals surface area contributed by atoms with Gasteiger partial charge in [0.15, 0.2) is 0 Å². The highest BCUT2D eigenvalue weighted by atomic mass is 35.5. The minimum atomic E-state index is -0.228. The zero-order chi connectivity index (χ0) is 13.5. The maximum absolute atomic E-state index is 13.4. The van der Waals surface area contributed by atoms with Crippen molar-refractivity contribution in [2.75, 3.05) is 6.54 Å². The van der Waals surface area contributed by atoms with E-state index in [1.807, 2.05) is 6.07 Å². The maximum Gasteiger partial charge on any atom is 0.127 e. The van der Waals surface area contributed by atoms with E-state index >= 15 is 0 Å². The average Bonchev–Trinajstić information content (AvgIpc) is 2.35. The lowest BCUT2D eigenvalue weighted by Crippen LogP contribution is -2.22. The van der Waals surface area contributed by atoms with Crippen molar-refractivity contribution < 1.29 is 4.39 Å². The summed E-state index contributed by atoms with van der Waals surface area (Å²) in [5.41, 5.74) is 1.69. The van der Waals surface area contributed by atoms with Crippen LogP contribution in [0.15, 0.2) is 12.1 Å². The number of benzene rings is 1. The third-order valence-electron chi connectivity index (χ3n) is 3.14. The van der Waals surface area contributed by atoms with Crippen LogP contribution < -0.4 is 5.32 Å². The summed E-state index contributed by atoms with van der Waals surface area (Å²) < 4.78 is 13.4. The molecule has 1 nitrogen and oxygen atoms in total. The summed E-state index contributed by atoms with van der Waals surface area (Å²) in [6.45, 7) is 7.06. The summed E-state index contributed by atoms with van der Waals surface area (Å²) in [5.74, 6) is -0.228. The molecule has 0 heterocycles. The van der Waals surface area contributed by atoms with Crippen LogP contribution >= 0.6 is 11.6 Å².